The van der Waals surface area contributed by atoms with Gasteiger partial charge < -0.3 is 9.72 Å². The first kappa shape index (κ1) is 14.0. The maximum absolute atomic E-state index is 12.2. The lowest BCUT2D eigenvalue weighted by Crippen LogP contribution is -2.10. The molecule has 3 rings (SSSR count). The van der Waals surface area contributed by atoms with E-state index in [1.54, 1.807) is 18.2 Å². The number of methoxy groups -OCH3 is 1. The molecule has 0 saturated heterocycles. The van der Waals surface area contributed by atoms with Gasteiger partial charge in [-0.2, -0.15) is 0 Å². The van der Waals surface area contributed by atoms with E-state index in [2.05, 4.69) is 9.97 Å². The lowest BCUT2D eigenvalue weighted by atomic mass is 10.1. The van der Waals surface area contributed by atoms with E-state index in [1.807, 2.05) is 31.2 Å². The minimum absolute atomic E-state index is 0.239. The molecule has 0 radical (unpaired) electrons. The number of carbonyl (C=O) groups excluding carboxylic acids is 1. The first-order valence-electron chi connectivity index (χ1n) is 6.78. The highest BCUT2D eigenvalue weighted by Gasteiger charge is 2.10. The number of aromatic nitrogens is 2. The maximum Gasteiger partial charge on any atom is 0.337 e. The highest BCUT2D eigenvalue weighted by Crippen LogP contribution is 2.18. The zero-order valence-electron chi connectivity index (χ0n) is 12.2. The number of fused-ring (bicyclic) bond motifs is 1. The van der Waals surface area contributed by atoms with Gasteiger partial charge in [0.15, 0.2) is 0 Å². The van der Waals surface area contributed by atoms with Crippen molar-refractivity contribution in [3.63, 3.8) is 0 Å². The van der Waals surface area contributed by atoms with Crippen LogP contribution in [0.3, 0.4) is 0 Å². The largest absolute Gasteiger partial charge is 0.465 e. The summed E-state index contributed by atoms with van der Waals surface area (Å²) < 4.78 is 4.69. The number of nitrogens with one attached hydrogen (secondary N) is 1. The number of rotatable bonds is 2. The van der Waals surface area contributed by atoms with Crippen molar-refractivity contribution < 1.29 is 9.53 Å². The van der Waals surface area contributed by atoms with E-state index in [0.717, 1.165) is 11.1 Å². The molecule has 0 amide bonds. The summed E-state index contributed by atoms with van der Waals surface area (Å²) in [5, 5.41) is 0.434. The van der Waals surface area contributed by atoms with Crippen LogP contribution in [-0.4, -0.2) is 23.0 Å². The van der Waals surface area contributed by atoms with Crippen LogP contribution < -0.4 is 5.56 Å². The molecule has 0 saturated carbocycles. The summed E-state index contributed by atoms with van der Waals surface area (Å²) in [4.78, 5) is 31.0. The molecule has 0 bridgehead atoms. The topological polar surface area (TPSA) is 72.1 Å². The maximum atomic E-state index is 12.2. The normalized spacial score (nSPS) is 10.6. The second-order valence-corrected chi connectivity index (χ2v) is 5.00. The Balaban J connectivity index is 2.19. The summed E-state index contributed by atoms with van der Waals surface area (Å²) in [5.74, 6) is 0.0142. The molecule has 5 nitrogen and oxygen atoms in total. The molecule has 2 aromatic carbocycles. The van der Waals surface area contributed by atoms with Crippen LogP contribution in [0.2, 0.25) is 0 Å². The number of benzene rings is 2. The van der Waals surface area contributed by atoms with Crippen LogP contribution in [0, 0.1) is 6.92 Å². The smallest absolute Gasteiger partial charge is 0.337 e. The van der Waals surface area contributed by atoms with Crippen LogP contribution in [0.25, 0.3) is 22.3 Å². The van der Waals surface area contributed by atoms with Crippen LogP contribution in [0.1, 0.15) is 15.9 Å². The summed E-state index contributed by atoms with van der Waals surface area (Å²) in [6.07, 6.45) is 0. The van der Waals surface area contributed by atoms with E-state index in [9.17, 15) is 9.59 Å². The highest BCUT2D eigenvalue weighted by atomic mass is 16.5. The first-order valence-corrected chi connectivity index (χ1v) is 6.78. The van der Waals surface area contributed by atoms with Crippen LogP contribution in [0.5, 0.6) is 0 Å². The molecule has 22 heavy (non-hydrogen) atoms. The molecule has 0 aliphatic heterocycles. The van der Waals surface area contributed by atoms with Gasteiger partial charge in [-0.1, -0.05) is 29.8 Å². The van der Waals surface area contributed by atoms with Gasteiger partial charge in [0.25, 0.3) is 5.56 Å². The molecule has 0 aliphatic carbocycles. The Bertz CT molecular complexity index is 911. The number of nitrogens with zero attached hydrogens (tertiary/aromatic N) is 1. The number of hydrogen-bond acceptors (Lipinski definition) is 4. The fourth-order valence-corrected chi connectivity index (χ4v) is 2.23. The van der Waals surface area contributed by atoms with Gasteiger partial charge in [0, 0.05) is 5.56 Å². The zero-order chi connectivity index (χ0) is 15.7. The van der Waals surface area contributed by atoms with Crippen molar-refractivity contribution in [3.05, 3.63) is 63.9 Å². The summed E-state index contributed by atoms with van der Waals surface area (Å²) in [7, 11) is 1.31. The van der Waals surface area contributed by atoms with Crippen molar-refractivity contribution in [1.82, 2.24) is 9.97 Å². The second-order valence-electron chi connectivity index (χ2n) is 5.00. The molecular formula is C17H14N2O3. The summed E-state index contributed by atoms with van der Waals surface area (Å²) in [6, 6.07) is 12.4. The molecule has 0 aliphatic rings. The van der Waals surface area contributed by atoms with Crippen LogP contribution >= 0.6 is 0 Å². The molecule has 5 heteroatoms. The lowest BCUT2D eigenvalue weighted by Gasteiger charge is -2.05. The molecule has 0 unspecified atom stereocenters. The number of esters is 1. The third kappa shape index (κ3) is 2.48. The van der Waals surface area contributed by atoms with Gasteiger partial charge in [-0.15, -0.1) is 0 Å². The predicted molar refractivity (Wildman–Crippen MR) is 83.9 cm³/mol. The summed E-state index contributed by atoms with van der Waals surface area (Å²) in [5.41, 5.74) is 2.52. The van der Waals surface area contributed by atoms with Gasteiger partial charge in [-0.3, -0.25) is 4.79 Å². The first-order chi connectivity index (χ1) is 10.6. The molecule has 1 N–H and O–H groups in total. The highest BCUT2D eigenvalue weighted by molar-refractivity contribution is 5.94. The van der Waals surface area contributed by atoms with Crippen molar-refractivity contribution in [2.75, 3.05) is 7.11 Å². The number of aryl methyl sites for hydroxylation is 1. The quantitative estimate of drug-likeness (QED) is 0.738. The van der Waals surface area contributed by atoms with Crippen LogP contribution in [0.15, 0.2) is 47.3 Å². The van der Waals surface area contributed by atoms with Crippen molar-refractivity contribution in [2.24, 2.45) is 0 Å². The van der Waals surface area contributed by atoms with Crippen molar-refractivity contribution in [1.29, 1.82) is 0 Å². The number of hydrogen-bond donors (Lipinski definition) is 1. The Kier molecular flexibility index (Phi) is 3.47. The van der Waals surface area contributed by atoms with E-state index in [0.29, 0.717) is 22.3 Å². The average molecular weight is 294 g/mol. The monoisotopic (exact) mass is 294 g/mol. The van der Waals surface area contributed by atoms with Crippen molar-refractivity contribution >= 4 is 16.9 Å². The third-order valence-corrected chi connectivity index (χ3v) is 3.45. The van der Waals surface area contributed by atoms with E-state index < -0.39 is 5.97 Å². The molecular weight excluding hydrogens is 280 g/mol. The van der Waals surface area contributed by atoms with Gasteiger partial charge in [0.05, 0.1) is 23.6 Å². The number of ether oxygens (including phenoxy) is 1. The van der Waals surface area contributed by atoms with Gasteiger partial charge in [-0.05, 0) is 25.1 Å². The van der Waals surface area contributed by atoms with E-state index >= 15 is 0 Å². The Morgan fingerprint density at radius 2 is 1.86 bits per heavy atom. The lowest BCUT2D eigenvalue weighted by molar-refractivity contribution is 0.0601. The second kappa shape index (κ2) is 5.44. The number of carbonyl (C=O) groups is 1. The molecule has 1 heterocycles. The van der Waals surface area contributed by atoms with Crippen LogP contribution in [0.4, 0.5) is 0 Å². The predicted octanol–water partition coefficient (Wildman–Crippen LogP) is 2.69. The minimum Gasteiger partial charge on any atom is -0.465 e. The van der Waals surface area contributed by atoms with E-state index in [1.165, 1.54) is 7.11 Å². The van der Waals surface area contributed by atoms with Gasteiger partial charge in [0.1, 0.15) is 5.82 Å². The Hall–Kier alpha value is -2.95. The van der Waals surface area contributed by atoms with Gasteiger partial charge >= 0.3 is 5.97 Å². The number of H-pyrrole nitrogens is 1. The Morgan fingerprint density at radius 1 is 1.14 bits per heavy atom. The minimum atomic E-state index is -0.458. The van der Waals surface area contributed by atoms with Gasteiger partial charge in [0.2, 0.25) is 0 Å². The van der Waals surface area contributed by atoms with Crippen LogP contribution in [-0.2, 0) is 4.74 Å². The SMILES string of the molecule is COC(=O)c1ccc2c(=O)[nH]c(-c3ccc(C)cc3)nc2c1. The van der Waals surface area contributed by atoms with E-state index in [4.69, 9.17) is 4.74 Å². The standard InChI is InChI=1S/C17H14N2O3/c1-10-3-5-11(6-4-10)15-18-14-9-12(17(21)22-2)7-8-13(14)16(20)19-15/h3-9H,1-2H3,(H,18,19,20). The van der Waals surface area contributed by atoms with Crippen molar-refractivity contribution in [2.45, 2.75) is 6.92 Å². The Morgan fingerprint density at radius 3 is 2.55 bits per heavy atom. The number of aromatic amines is 1. The fourth-order valence-electron chi connectivity index (χ4n) is 2.23. The molecule has 3 aromatic rings. The third-order valence-electron chi connectivity index (χ3n) is 3.45. The summed E-state index contributed by atoms with van der Waals surface area (Å²) in [6.45, 7) is 1.99. The molecule has 0 spiro atoms. The summed E-state index contributed by atoms with van der Waals surface area (Å²) >= 11 is 0. The van der Waals surface area contributed by atoms with Gasteiger partial charge in [-0.25, -0.2) is 9.78 Å². The zero-order valence-corrected chi connectivity index (χ0v) is 12.2. The van der Waals surface area contributed by atoms with E-state index in [-0.39, 0.29) is 5.56 Å². The molecule has 1 aromatic heterocycles. The Labute approximate surface area is 126 Å². The average Bonchev–Trinajstić information content (AvgIpc) is 2.54. The fraction of sp³-hybridized carbons (Fsp3) is 0.118. The molecule has 0 fully saturated rings. The molecule has 0 atom stereocenters. The molecule has 110 valence electrons. The van der Waals surface area contributed by atoms with Crippen molar-refractivity contribution in [3.8, 4) is 11.4 Å².